The molecule has 0 fully saturated rings. The number of hydrogen-bond donors (Lipinski definition) is 0. The Labute approximate surface area is 259 Å². The molecule has 0 rings (SSSR count). The Balaban J connectivity index is 3.54. The molecule has 0 aliphatic carbocycles. The van der Waals surface area contributed by atoms with Crippen LogP contribution in [0.4, 0.5) is 0 Å². The van der Waals surface area contributed by atoms with E-state index < -0.39 is 0 Å². The summed E-state index contributed by atoms with van der Waals surface area (Å²) < 4.78 is 0.523. The van der Waals surface area contributed by atoms with Gasteiger partial charge in [0.25, 0.3) is 0 Å². The third-order valence-corrected chi connectivity index (χ3v) is 8.83. The number of likely N-dealkylation sites (N-methyl/N-ethyl adjacent to an activating group) is 1. The zero-order valence-corrected chi connectivity index (χ0v) is 28.9. The van der Waals surface area contributed by atoms with Crippen LogP contribution in [0, 0.1) is 0 Å². The Morgan fingerprint density at radius 1 is 0.341 bits per heavy atom. The number of carbonyl (C=O) groups excluding carboxylic acids is 2. The smallest absolute Gasteiger partial charge is 0.186 e. The zero-order chi connectivity index (χ0) is 30.3. The van der Waals surface area contributed by atoms with Crippen molar-refractivity contribution >= 4 is 11.6 Å². The van der Waals surface area contributed by atoms with Gasteiger partial charge in [-0.1, -0.05) is 181 Å². The first-order valence-electron chi connectivity index (χ1n) is 18.8. The van der Waals surface area contributed by atoms with Crippen molar-refractivity contribution in [2.45, 2.75) is 206 Å². The molecule has 41 heavy (non-hydrogen) atoms. The van der Waals surface area contributed by atoms with Gasteiger partial charge in [-0.05, 0) is 12.8 Å². The van der Waals surface area contributed by atoms with E-state index in [1.54, 1.807) is 0 Å². The highest BCUT2D eigenvalue weighted by Gasteiger charge is 2.23. The van der Waals surface area contributed by atoms with E-state index in [4.69, 9.17) is 0 Å². The van der Waals surface area contributed by atoms with Gasteiger partial charge in [-0.25, -0.2) is 0 Å². The van der Waals surface area contributed by atoms with Gasteiger partial charge in [-0.15, -0.1) is 0 Å². The second kappa shape index (κ2) is 30.7. The van der Waals surface area contributed by atoms with E-state index in [9.17, 15) is 9.59 Å². The third kappa shape index (κ3) is 32.1. The first-order chi connectivity index (χ1) is 19.9. The molecule has 0 aromatic heterocycles. The van der Waals surface area contributed by atoms with Crippen molar-refractivity contribution in [2.24, 2.45) is 0 Å². The SMILES string of the molecule is CCCCCCCCCCCCCCCCC(=O)C[N+](C)(C)CC(=O)CCCCCCCCCCCCCCCC. The first kappa shape index (κ1) is 40.3. The first-order valence-corrected chi connectivity index (χ1v) is 18.8. The second-order valence-electron chi connectivity index (χ2n) is 14.0. The molecule has 0 atom stereocenters. The van der Waals surface area contributed by atoms with Crippen molar-refractivity contribution in [2.75, 3.05) is 27.2 Å². The van der Waals surface area contributed by atoms with Gasteiger partial charge in [0, 0.05) is 12.8 Å². The normalized spacial score (nSPS) is 11.8. The standard InChI is InChI=1S/C38H76NO2/c1-5-7-9-11-13-15-17-19-21-23-25-27-29-31-33-37(40)35-39(3,4)36-38(41)34-32-30-28-26-24-22-20-18-16-14-12-10-8-6-2/h5-36H2,1-4H3/q+1. The monoisotopic (exact) mass is 579 g/mol. The number of Topliss-reactive ketones (excluding diaryl/α,β-unsaturated/α-hetero) is 2. The van der Waals surface area contributed by atoms with Crippen LogP contribution in [0.3, 0.4) is 0 Å². The van der Waals surface area contributed by atoms with Crippen LogP contribution < -0.4 is 0 Å². The lowest BCUT2D eigenvalue weighted by Crippen LogP contribution is -2.47. The molecule has 3 heteroatoms. The summed E-state index contributed by atoms with van der Waals surface area (Å²) >= 11 is 0. The minimum atomic E-state index is 0.332. The van der Waals surface area contributed by atoms with Gasteiger partial charge >= 0.3 is 0 Å². The van der Waals surface area contributed by atoms with Crippen molar-refractivity contribution in [3.8, 4) is 0 Å². The molecular weight excluding hydrogens is 502 g/mol. The average Bonchev–Trinajstić information content (AvgIpc) is 2.92. The van der Waals surface area contributed by atoms with Crippen LogP contribution in [0.25, 0.3) is 0 Å². The minimum absolute atomic E-state index is 0.332. The van der Waals surface area contributed by atoms with Crippen molar-refractivity contribution in [1.82, 2.24) is 0 Å². The third-order valence-electron chi connectivity index (χ3n) is 8.83. The van der Waals surface area contributed by atoms with Gasteiger partial charge in [0.1, 0.15) is 13.1 Å². The fourth-order valence-corrected chi connectivity index (χ4v) is 6.20. The predicted molar refractivity (Wildman–Crippen MR) is 182 cm³/mol. The van der Waals surface area contributed by atoms with E-state index in [2.05, 4.69) is 13.8 Å². The Morgan fingerprint density at radius 2 is 0.537 bits per heavy atom. The number of rotatable bonds is 34. The number of quaternary nitrogens is 1. The highest BCUT2D eigenvalue weighted by Crippen LogP contribution is 2.15. The van der Waals surface area contributed by atoms with Crippen molar-refractivity contribution in [3.63, 3.8) is 0 Å². The van der Waals surface area contributed by atoms with E-state index >= 15 is 0 Å². The molecule has 0 aliphatic heterocycles. The van der Waals surface area contributed by atoms with Crippen molar-refractivity contribution in [3.05, 3.63) is 0 Å². The van der Waals surface area contributed by atoms with E-state index in [1.165, 1.54) is 167 Å². The lowest BCUT2D eigenvalue weighted by Gasteiger charge is -2.28. The molecule has 0 bridgehead atoms. The Hall–Kier alpha value is -0.700. The molecule has 0 heterocycles. The summed E-state index contributed by atoms with van der Waals surface area (Å²) in [6, 6.07) is 0. The molecule has 0 amide bonds. The Morgan fingerprint density at radius 3 is 0.756 bits per heavy atom. The van der Waals surface area contributed by atoms with E-state index in [0.29, 0.717) is 42.0 Å². The molecule has 0 unspecified atom stereocenters. The molecular formula is C38H76NO2+. The molecule has 0 aromatic carbocycles. The summed E-state index contributed by atoms with van der Waals surface area (Å²) in [5, 5.41) is 0. The van der Waals surface area contributed by atoms with Gasteiger partial charge < -0.3 is 4.48 Å². The fourth-order valence-electron chi connectivity index (χ4n) is 6.20. The van der Waals surface area contributed by atoms with Crippen LogP contribution >= 0.6 is 0 Å². The summed E-state index contributed by atoms with van der Waals surface area (Å²) in [7, 11) is 4.10. The molecule has 0 N–H and O–H groups in total. The van der Waals surface area contributed by atoms with Crippen LogP contribution in [-0.4, -0.2) is 43.2 Å². The minimum Gasteiger partial charge on any atom is -0.316 e. The van der Waals surface area contributed by atoms with Crippen molar-refractivity contribution < 1.29 is 14.1 Å². The quantitative estimate of drug-likeness (QED) is 0.0562. The summed E-state index contributed by atoms with van der Waals surface area (Å²) in [6.07, 6.45) is 38.9. The number of ketones is 2. The molecule has 0 spiro atoms. The molecule has 0 radical (unpaired) electrons. The van der Waals surface area contributed by atoms with E-state index in [0.717, 1.165) is 12.8 Å². The lowest BCUT2D eigenvalue weighted by atomic mass is 10.0. The molecule has 244 valence electrons. The molecule has 0 saturated heterocycles. The van der Waals surface area contributed by atoms with E-state index in [1.807, 2.05) is 14.1 Å². The topological polar surface area (TPSA) is 34.1 Å². The molecule has 3 nitrogen and oxygen atoms in total. The fraction of sp³-hybridized carbons (Fsp3) is 0.947. The molecule has 0 aliphatic rings. The number of nitrogens with zero attached hydrogens (tertiary/aromatic N) is 1. The van der Waals surface area contributed by atoms with Crippen LogP contribution in [0.2, 0.25) is 0 Å². The van der Waals surface area contributed by atoms with Crippen LogP contribution in [0.15, 0.2) is 0 Å². The van der Waals surface area contributed by atoms with Gasteiger partial charge in [-0.3, -0.25) is 9.59 Å². The second-order valence-corrected chi connectivity index (χ2v) is 14.0. The maximum Gasteiger partial charge on any atom is 0.186 e. The Bertz CT molecular complexity index is 523. The molecule has 0 saturated carbocycles. The number of carbonyl (C=O) groups is 2. The molecule has 0 aromatic rings. The van der Waals surface area contributed by atoms with Crippen LogP contribution in [-0.2, 0) is 9.59 Å². The lowest BCUT2D eigenvalue weighted by molar-refractivity contribution is -0.874. The van der Waals surface area contributed by atoms with Gasteiger partial charge in [0.15, 0.2) is 11.6 Å². The van der Waals surface area contributed by atoms with Gasteiger partial charge in [0.05, 0.1) is 14.1 Å². The van der Waals surface area contributed by atoms with Gasteiger partial charge in [-0.2, -0.15) is 0 Å². The van der Waals surface area contributed by atoms with Crippen molar-refractivity contribution in [1.29, 1.82) is 0 Å². The van der Waals surface area contributed by atoms with Gasteiger partial charge in [0.2, 0.25) is 0 Å². The highest BCUT2D eigenvalue weighted by molar-refractivity contribution is 5.81. The maximum atomic E-state index is 12.5. The maximum absolute atomic E-state index is 12.5. The number of unbranched alkanes of at least 4 members (excludes halogenated alkanes) is 26. The summed E-state index contributed by atoms with van der Waals surface area (Å²) in [5.41, 5.74) is 0. The summed E-state index contributed by atoms with van der Waals surface area (Å²) in [6.45, 7) is 5.57. The van der Waals surface area contributed by atoms with Crippen LogP contribution in [0.5, 0.6) is 0 Å². The zero-order valence-electron chi connectivity index (χ0n) is 28.9. The Kier molecular flexibility index (Phi) is 30.2. The van der Waals surface area contributed by atoms with Crippen LogP contribution in [0.1, 0.15) is 206 Å². The predicted octanol–water partition coefficient (Wildman–Crippen LogP) is 11.9. The van der Waals surface area contributed by atoms with E-state index in [-0.39, 0.29) is 0 Å². The largest absolute Gasteiger partial charge is 0.316 e. The highest BCUT2D eigenvalue weighted by atomic mass is 16.1. The number of hydrogen-bond acceptors (Lipinski definition) is 2. The summed E-state index contributed by atoms with van der Waals surface area (Å²) in [4.78, 5) is 25.1. The summed E-state index contributed by atoms with van der Waals surface area (Å²) in [5.74, 6) is 0.663. The average molecular weight is 579 g/mol.